The Kier molecular flexibility index (Phi) is 4.41. The Morgan fingerprint density at radius 1 is 1.33 bits per heavy atom. The van der Waals surface area contributed by atoms with Crippen molar-refractivity contribution in [3.05, 3.63) is 42.0 Å². The third kappa shape index (κ3) is 3.37. The van der Waals surface area contributed by atoms with E-state index in [0.717, 1.165) is 31.5 Å². The molecule has 2 heterocycles. The Bertz CT molecular complexity index is 465. The van der Waals surface area contributed by atoms with Gasteiger partial charge >= 0.3 is 0 Å². The molecule has 0 aromatic carbocycles. The van der Waals surface area contributed by atoms with E-state index in [9.17, 15) is 0 Å². The van der Waals surface area contributed by atoms with Crippen molar-refractivity contribution in [1.82, 2.24) is 20.0 Å². The van der Waals surface area contributed by atoms with Gasteiger partial charge in [0.05, 0.1) is 17.9 Å². The van der Waals surface area contributed by atoms with Crippen molar-refractivity contribution in [3.8, 4) is 0 Å². The summed E-state index contributed by atoms with van der Waals surface area (Å²) >= 11 is 0. The Labute approximate surface area is 107 Å². The van der Waals surface area contributed by atoms with Crippen LogP contribution in [0, 0.1) is 0 Å². The van der Waals surface area contributed by atoms with E-state index in [1.165, 1.54) is 5.56 Å². The SMILES string of the molecule is CCCC(N)c1cn(CCc2ccncc2)nn1. The van der Waals surface area contributed by atoms with E-state index in [2.05, 4.69) is 22.2 Å². The number of pyridine rings is 1. The van der Waals surface area contributed by atoms with Crippen LogP contribution in [0.25, 0.3) is 0 Å². The Morgan fingerprint density at radius 3 is 2.83 bits per heavy atom. The van der Waals surface area contributed by atoms with Crippen molar-refractivity contribution in [2.24, 2.45) is 5.73 Å². The van der Waals surface area contributed by atoms with Gasteiger partial charge in [-0.15, -0.1) is 5.10 Å². The average molecular weight is 245 g/mol. The van der Waals surface area contributed by atoms with Crippen LogP contribution in [0.3, 0.4) is 0 Å². The van der Waals surface area contributed by atoms with E-state index >= 15 is 0 Å². The summed E-state index contributed by atoms with van der Waals surface area (Å²) in [7, 11) is 0. The maximum Gasteiger partial charge on any atom is 0.0994 e. The molecule has 0 aliphatic carbocycles. The molecule has 5 heteroatoms. The van der Waals surface area contributed by atoms with Crippen molar-refractivity contribution < 1.29 is 0 Å². The van der Waals surface area contributed by atoms with Gasteiger partial charge < -0.3 is 5.73 Å². The highest BCUT2D eigenvalue weighted by Gasteiger charge is 2.09. The predicted octanol–water partition coefficient (Wildman–Crippen LogP) is 1.72. The minimum absolute atomic E-state index is 0.00433. The second kappa shape index (κ2) is 6.26. The first-order valence-corrected chi connectivity index (χ1v) is 6.34. The molecule has 0 saturated heterocycles. The van der Waals surface area contributed by atoms with Crippen molar-refractivity contribution in [1.29, 1.82) is 0 Å². The van der Waals surface area contributed by atoms with Gasteiger partial charge in [-0.1, -0.05) is 18.6 Å². The summed E-state index contributed by atoms with van der Waals surface area (Å²) in [5, 5.41) is 8.23. The normalized spacial score (nSPS) is 12.6. The molecular weight excluding hydrogens is 226 g/mol. The van der Waals surface area contributed by atoms with E-state index in [1.807, 2.05) is 23.0 Å². The van der Waals surface area contributed by atoms with Gasteiger partial charge in [-0.2, -0.15) is 0 Å². The molecule has 2 rings (SSSR count). The van der Waals surface area contributed by atoms with Crippen LogP contribution in [-0.4, -0.2) is 20.0 Å². The van der Waals surface area contributed by atoms with Crippen LogP contribution in [0.15, 0.2) is 30.7 Å². The maximum absolute atomic E-state index is 6.00. The van der Waals surface area contributed by atoms with E-state index in [1.54, 1.807) is 12.4 Å². The smallest absolute Gasteiger partial charge is 0.0994 e. The van der Waals surface area contributed by atoms with Crippen LogP contribution in [0.4, 0.5) is 0 Å². The van der Waals surface area contributed by atoms with Crippen molar-refractivity contribution in [2.75, 3.05) is 0 Å². The highest BCUT2D eigenvalue weighted by atomic mass is 15.4. The number of aryl methyl sites for hydroxylation is 2. The molecule has 2 N–H and O–H groups in total. The summed E-state index contributed by atoms with van der Waals surface area (Å²) in [5.74, 6) is 0. The second-order valence-corrected chi connectivity index (χ2v) is 4.41. The van der Waals surface area contributed by atoms with Crippen LogP contribution in [0.2, 0.25) is 0 Å². The number of nitrogens with two attached hydrogens (primary N) is 1. The van der Waals surface area contributed by atoms with Gasteiger partial charge in [0, 0.05) is 18.9 Å². The molecule has 0 amide bonds. The second-order valence-electron chi connectivity index (χ2n) is 4.41. The fraction of sp³-hybridized carbons (Fsp3) is 0.462. The minimum Gasteiger partial charge on any atom is -0.323 e. The van der Waals surface area contributed by atoms with Crippen LogP contribution in [-0.2, 0) is 13.0 Å². The summed E-state index contributed by atoms with van der Waals surface area (Å²) in [6.07, 6.45) is 8.49. The molecule has 0 aliphatic rings. The molecule has 96 valence electrons. The van der Waals surface area contributed by atoms with Gasteiger partial charge in [-0.25, -0.2) is 0 Å². The molecule has 2 aromatic rings. The molecule has 0 fully saturated rings. The summed E-state index contributed by atoms with van der Waals surface area (Å²) < 4.78 is 1.85. The van der Waals surface area contributed by atoms with Gasteiger partial charge in [0.2, 0.25) is 0 Å². The molecule has 5 nitrogen and oxygen atoms in total. The average Bonchev–Trinajstić information content (AvgIpc) is 2.87. The van der Waals surface area contributed by atoms with E-state index in [-0.39, 0.29) is 6.04 Å². The lowest BCUT2D eigenvalue weighted by Gasteiger charge is -2.04. The van der Waals surface area contributed by atoms with Gasteiger partial charge in [0.15, 0.2) is 0 Å². The van der Waals surface area contributed by atoms with Gasteiger partial charge in [0.25, 0.3) is 0 Å². The third-order valence-corrected chi connectivity index (χ3v) is 2.91. The molecule has 1 unspecified atom stereocenters. The zero-order chi connectivity index (χ0) is 12.8. The largest absolute Gasteiger partial charge is 0.323 e. The molecule has 0 saturated carbocycles. The van der Waals surface area contributed by atoms with Crippen molar-refractivity contribution >= 4 is 0 Å². The van der Waals surface area contributed by atoms with Crippen LogP contribution in [0.1, 0.15) is 37.1 Å². The minimum atomic E-state index is 0.00433. The first-order valence-electron chi connectivity index (χ1n) is 6.34. The Balaban J connectivity index is 1.91. The van der Waals surface area contributed by atoms with Crippen molar-refractivity contribution in [3.63, 3.8) is 0 Å². The van der Waals surface area contributed by atoms with Crippen molar-refractivity contribution in [2.45, 2.75) is 38.8 Å². The summed E-state index contributed by atoms with van der Waals surface area (Å²) in [5.41, 5.74) is 8.13. The lowest BCUT2D eigenvalue weighted by molar-refractivity contribution is 0.587. The lowest BCUT2D eigenvalue weighted by atomic mass is 10.1. The molecule has 2 aromatic heterocycles. The summed E-state index contributed by atoms with van der Waals surface area (Å²) in [6, 6.07) is 4.03. The molecule has 0 radical (unpaired) electrons. The Hall–Kier alpha value is -1.75. The van der Waals surface area contributed by atoms with E-state index < -0.39 is 0 Å². The first kappa shape index (κ1) is 12.7. The van der Waals surface area contributed by atoms with Gasteiger partial charge in [-0.3, -0.25) is 9.67 Å². The van der Waals surface area contributed by atoms with Gasteiger partial charge in [0.1, 0.15) is 0 Å². The highest BCUT2D eigenvalue weighted by molar-refractivity contribution is 5.09. The monoisotopic (exact) mass is 245 g/mol. The van der Waals surface area contributed by atoms with Crippen LogP contribution < -0.4 is 5.73 Å². The fourth-order valence-electron chi connectivity index (χ4n) is 1.84. The topological polar surface area (TPSA) is 69.6 Å². The van der Waals surface area contributed by atoms with Crippen LogP contribution >= 0.6 is 0 Å². The molecule has 18 heavy (non-hydrogen) atoms. The number of hydrogen-bond acceptors (Lipinski definition) is 4. The molecule has 0 spiro atoms. The standard InChI is InChI=1S/C13H19N5/c1-2-3-12(14)13-10-18(17-16-13)9-6-11-4-7-15-8-5-11/h4-5,7-8,10,12H,2-3,6,9,14H2,1H3. The highest BCUT2D eigenvalue weighted by Crippen LogP contribution is 2.12. The summed E-state index contributed by atoms with van der Waals surface area (Å²) in [4.78, 5) is 4.00. The molecule has 0 aliphatic heterocycles. The zero-order valence-electron chi connectivity index (χ0n) is 10.7. The lowest BCUT2D eigenvalue weighted by Crippen LogP contribution is -2.10. The number of hydrogen-bond donors (Lipinski definition) is 1. The molecule has 1 atom stereocenters. The quantitative estimate of drug-likeness (QED) is 0.841. The predicted molar refractivity (Wildman–Crippen MR) is 69.8 cm³/mol. The summed E-state index contributed by atoms with van der Waals surface area (Å²) in [6.45, 7) is 2.93. The molecular formula is C13H19N5. The third-order valence-electron chi connectivity index (χ3n) is 2.91. The van der Waals surface area contributed by atoms with E-state index in [4.69, 9.17) is 5.73 Å². The van der Waals surface area contributed by atoms with Gasteiger partial charge in [-0.05, 0) is 30.5 Å². The molecule has 0 bridgehead atoms. The number of nitrogens with zero attached hydrogens (tertiary/aromatic N) is 4. The zero-order valence-corrected chi connectivity index (χ0v) is 10.7. The Morgan fingerprint density at radius 2 is 2.11 bits per heavy atom. The van der Waals surface area contributed by atoms with E-state index in [0.29, 0.717) is 0 Å². The fourth-order valence-corrected chi connectivity index (χ4v) is 1.84. The number of rotatable bonds is 6. The van der Waals surface area contributed by atoms with Crippen LogP contribution in [0.5, 0.6) is 0 Å². The first-order chi connectivity index (χ1) is 8.79. The number of aromatic nitrogens is 4. The maximum atomic E-state index is 6.00.